The summed E-state index contributed by atoms with van der Waals surface area (Å²) in [5.41, 5.74) is 24.6. The van der Waals surface area contributed by atoms with Gasteiger partial charge in [0.15, 0.2) is 5.88 Å². The molecule has 0 amide bonds. The Kier molecular flexibility index (Phi) is 10.5. The molecular weight excluding hydrogens is 884 g/mol. The van der Waals surface area contributed by atoms with Gasteiger partial charge in [-0.2, -0.15) is 0 Å². The Balaban J connectivity index is 1.21. The molecule has 2 aliphatic carbocycles. The molecule has 12 rings (SSSR count). The van der Waals surface area contributed by atoms with Gasteiger partial charge in [0.25, 0.3) is 0 Å². The average molecular weight is 959 g/mol. The second-order valence-electron chi connectivity index (χ2n) is 27.1. The highest BCUT2D eigenvalue weighted by atomic mass is 16.4. The zero-order valence-electron chi connectivity index (χ0n) is 46.2. The molecule has 4 heteroatoms. The summed E-state index contributed by atoms with van der Waals surface area (Å²) >= 11 is 0. The topological polar surface area (TPSA) is 19.6 Å². The number of benzene rings is 7. The molecule has 0 saturated heterocycles. The van der Waals surface area contributed by atoms with E-state index in [4.69, 9.17) is 4.42 Å². The monoisotopic (exact) mass is 959 g/mol. The summed E-state index contributed by atoms with van der Waals surface area (Å²) in [5.74, 6) is 0.952. The van der Waals surface area contributed by atoms with Gasteiger partial charge in [0.2, 0.25) is 0 Å². The van der Waals surface area contributed by atoms with E-state index in [2.05, 4.69) is 246 Å². The number of anilines is 4. The van der Waals surface area contributed by atoms with Crippen LogP contribution in [0.2, 0.25) is 0 Å². The number of rotatable bonds is 5. The van der Waals surface area contributed by atoms with Gasteiger partial charge in [-0.15, -0.1) is 0 Å². The maximum Gasteiger partial charge on any atom is 0.337 e. The van der Waals surface area contributed by atoms with Crippen molar-refractivity contribution in [2.45, 2.75) is 162 Å². The highest BCUT2D eigenvalue weighted by Crippen LogP contribution is 2.54. The highest BCUT2D eigenvalue weighted by Gasteiger charge is 2.50. The molecular formula is C69H75BN2O. The normalized spacial score (nSPS) is 17.9. The molecule has 4 aliphatic rings. The molecule has 8 aromatic rings. The molecule has 0 bridgehead atoms. The minimum atomic E-state index is -0.183. The molecule has 7 aromatic carbocycles. The van der Waals surface area contributed by atoms with Crippen LogP contribution >= 0.6 is 0 Å². The van der Waals surface area contributed by atoms with Crippen LogP contribution in [-0.2, 0) is 39.0 Å². The summed E-state index contributed by atoms with van der Waals surface area (Å²) < 4.78 is 7.72. The van der Waals surface area contributed by atoms with E-state index in [1.54, 1.807) is 0 Å². The van der Waals surface area contributed by atoms with Gasteiger partial charge >= 0.3 is 6.85 Å². The lowest BCUT2D eigenvalue weighted by Crippen LogP contribution is -2.62. The molecule has 1 aromatic heterocycles. The van der Waals surface area contributed by atoms with Crippen molar-refractivity contribution in [2.24, 2.45) is 0 Å². The maximum atomic E-state index is 7.72. The summed E-state index contributed by atoms with van der Waals surface area (Å²) in [6.07, 6.45) is 4.62. The molecule has 0 fully saturated rings. The van der Waals surface area contributed by atoms with Gasteiger partial charge in [-0.25, -0.2) is 0 Å². The van der Waals surface area contributed by atoms with E-state index in [9.17, 15) is 0 Å². The van der Waals surface area contributed by atoms with Crippen molar-refractivity contribution < 1.29 is 4.42 Å². The summed E-state index contributed by atoms with van der Waals surface area (Å²) in [4.78, 5) is 5.34. The van der Waals surface area contributed by atoms with Crippen LogP contribution < -0.4 is 20.6 Å². The van der Waals surface area contributed by atoms with Crippen molar-refractivity contribution in [2.75, 3.05) is 9.71 Å². The fourth-order valence-corrected chi connectivity index (χ4v) is 13.3. The van der Waals surface area contributed by atoms with Gasteiger partial charge in [0.05, 0.1) is 6.54 Å². The fourth-order valence-electron chi connectivity index (χ4n) is 13.3. The molecule has 370 valence electrons. The largest absolute Gasteiger partial charge is 0.441 e. The van der Waals surface area contributed by atoms with E-state index >= 15 is 0 Å². The van der Waals surface area contributed by atoms with E-state index < -0.39 is 0 Å². The molecule has 0 atom stereocenters. The zero-order valence-corrected chi connectivity index (χ0v) is 46.2. The quantitative estimate of drug-likeness (QED) is 0.160. The van der Waals surface area contributed by atoms with E-state index in [-0.39, 0.29) is 39.3 Å². The third kappa shape index (κ3) is 7.66. The SMILES string of the molecule is CC(C)(C)c1ccc(CN2c3cc(C(C)(C)C)cc4c3B(c3c2oc2cc5c(cc32)C(C)(C)CCC5(C)C)N(c2ccc3c(c2)C(C)(C)CCC3(C)C)c2cc(-c3ccccc3)ccc2-4)c(-c2ccccc2)c1. The summed E-state index contributed by atoms with van der Waals surface area (Å²) in [7, 11) is 0. The summed E-state index contributed by atoms with van der Waals surface area (Å²) in [5, 5.41) is 1.23. The van der Waals surface area contributed by atoms with Gasteiger partial charge < -0.3 is 14.1 Å². The number of nitrogens with zero attached hydrogens (tertiary/aromatic N) is 2. The first kappa shape index (κ1) is 47.7. The van der Waals surface area contributed by atoms with E-state index in [0.717, 1.165) is 30.7 Å². The molecule has 0 saturated carbocycles. The van der Waals surface area contributed by atoms with Crippen molar-refractivity contribution >= 4 is 51.7 Å². The predicted octanol–water partition coefficient (Wildman–Crippen LogP) is 17.6. The molecule has 0 unspecified atom stereocenters. The number of hydrogen-bond acceptors (Lipinski definition) is 3. The van der Waals surface area contributed by atoms with Crippen molar-refractivity contribution in [1.82, 2.24) is 0 Å². The van der Waals surface area contributed by atoms with Gasteiger partial charge in [0.1, 0.15) is 5.58 Å². The Hall–Kier alpha value is -6.26. The first-order valence-electron chi connectivity index (χ1n) is 27.3. The molecule has 2 aliphatic heterocycles. The van der Waals surface area contributed by atoms with Crippen molar-refractivity contribution in [3.8, 4) is 33.4 Å². The molecule has 0 N–H and O–H groups in total. The van der Waals surface area contributed by atoms with Gasteiger partial charge in [-0.1, -0.05) is 200 Å². The van der Waals surface area contributed by atoms with Crippen LogP contribution in [0.15, 0.2) is 144 Å². The molecule has 0 spiro atoms. The van der Waals surface area contributed by atoms with Crippen LogP contribution in [0.25, 0.3) is 44.3 Å². The van der Waals surface area contributed by atoms with Crippen LogP contribution in [-0.4, -0.2) is 6.85 Å². The average Bonchev–Trinajstić information content (AvgIpc) is 3.73. The standard InChI is InChI=1S/C69H75BN2O/c1-64(2,3)47-27-25-46(51(36-47)44-23-19-16-20-24-44)42-71-59-38-48(65(4,5)6)37-52-50-29-26-45(43-21-17-15-18-22-43)35-58(50)72(49-28-30-54-55(39-49)67(9,10)32-31-66(54,7)8)70(61(52)59)62-53-40-56-57(41-60(53)73-63(62)71)69(13,14)34-33-68(56,11)12/h15-30,35-41H,31-34,42H2,1-14H3. The Morgan fingerprint density at radius 1 is 0.466 bits per heavy atom. The lowest BCUT2D eigenvalue weighted by Gasteiger charge is -2.46. The Labute approximate surface area is 437 Å². The minimum absolute atomic E-state index is 0.00797. The van der Waals surface area contributed by atoms with Gasteiger partial charge in [-0.3, -0.25) is 0 Å². The minimum Gasteiger partial charge on any atom is -0.441 e. The van der Waals surface area contributed by atoms with Crippen LogP contribution in [0.5, 0.6) is 0 Å². The Morgan fingerprint density at radius 3 is 1.67 bits per heavy atom. The second kappa shape index (κ2) is 16.1. The molecule has 0 radical (unpaired) electrons. The smallest absolute Gasteiger partial charge is 0.337 e. The van der Waals surface area contributed by atoms with Crippen LogP contribution in [0, 0.1) is 0 Å². The fraction of sp³-hybridized carbons (Fsp3) is 0.362. The zero-order chi connectivity index (χ0) is 51.4. The van der Waals surface area contributed by atoms with Crippen LogP contribution in [0.3, 0.4) is 0 Å². The summed E-state index contributed by atoms with van der Waals surface area (Å²) in [6, 6.07) is 54.2. The lowest BCUT2D eigenvalue weighted by atomic mass is 9.43. The van der Waals surface area contributed by atoms with Crippen molar-refractivity contribution in [3.05, 3.63) is 178 Å². The van der Waals surface area contributed by atoms with E-state index in [0.29, 0.717) is 6.54 Å². The summed E-state index contributed by atoms with van der Waals surface area (Å²) in [6.45, 7) is 34.2. The van der Waals surface area contributed by atoms with Gasteiger partial charge in [0, 0.05) is 33.5 Å². The highest BCUT2D eigenvalue weighted by molar-refractivity contribution is 6.95. The predicted molar refractivity (Wildman–Crippen MR) is 313 cm³/mol. The maximum absolute atomic E-state index is 7.72. The lowest BCUT2D eigenvalue weighted by molar-refractivity contribution is 0.332. The number of fused-ring (bicyclic) bond motifs is 8. The van der Waals surface area contributed by atoms with Crippen molar-refractivity contribution in [1.29, 1.82) is 0 Å². The van der Waals surface area contributed by atoms with E-state index in [1.807, 2.05) is 0 Å². The number of furan rings is 1. The third-order valence-corrected chi connectivity index (χ3v) is 18.2. The Morgan fingerprint density at radius 2 is 1.04 bits per heavy atom. The molecule has 3 nitrogen and oxygen atoms in total. The number of hydrogen-bond donors (Lipinski definition) is 0. The first-order valence-corrected chi connectivity index (χ1v) is 27.3. The van der Waals surface area contributed by atoms with Gasteiger partial charge in [-0.05, 0) is 167 Å². The van der Waals surface area contributed by atoms with Crippen LogP contribution in [0.4, 0.5) is 22.9 Å². The third-order valence-electron chi connectivity index (χ3n) is 18.2. The van der Waals surface area contributed by atoms with Crippen molar-refractivity contribution in [3.63, 3.8) is 0 Å². The van der Waals surface area contributed by atoms with E-state index in [1.165, 1.54) is 112 Å². The molecule has 3 heterocycles. The first-order chi connectivity index (χ1) is 34.4. The molecule has 73 heavy (non-hydrogen) atoms. The Bertz CT molecular complexity index is 3520. The van der Waals surface area contributed by atoms with Crippen LogP contribution in [0.1, 0.15) is 162 Å². The second-order valence-corrected chi connectivity index (χ2v) is 27.1.